The van der Waals surface area contributed by atoms with Crippen molar-refractivity contribution in [3.05, 3.63) is 0 Å². The van der Waals surface area contributed by atoms with E-state index >= 15 is 0 Å². The van der Waals surface area contributed by atoms with Gasteiger partial charge in [0.2, 0.25) is 5.91 Å². The van der Waals surface area contributed by atoms with E-state index in [9.17, 15) is 19.5 Å². The largest absolute Gasteiger partial charge is 0.393 e. The zero-order valence-corrected chi connectivity index (χ0v) is 11.0. The van der Waals surface area contributed by atoms with E-state index in [4.69, 9.17) is 5.73 Å². The Bertz CT molecular complexity index is 421. The average molecular weight is 268 g/mol. The lowest BCUT2D eigenvalue weighted by molar-refractivity contribution is -0.134. The number of hydrogen-bond donors (Lipinski definition) is 3. The van der Waals surface area contributed by atoms with Crippen molar-refractivity contribution in [3.8, 4) is 0 Å². The van der Waals surface area contributed by atoms with Crippen molar-refractivity contribution in [2.45, 2.75) is 56.7 Å². The lowest BCUT2D eigenvalue weighted by Gasteiger charge is -2.37. The van der Waals surface area contributed by atoms with Gasteiger partial charge in [0.15, 0.2) is 11.6 Å². The second-order valence-electron chi connectivity index (χ2n) is 5.66. The summed E-state index contributed by atoms with van der Waals surface area (Å²) in [6, 6.07) is -0.398. The van der Waals surface area contributed by atoms with Gasteiger partial charge in [0.05, 0.1) is 23.6 Å². The molecule has 0 radical (unpaired) electrons. The van der Waals surface area contributed by atoms with E-state index in [1.165, 1.54) is 6.92 Å². The van der Waals surface area contributed by atoms with E-state index in [2.05, 4.69) is 5.32 Å². The summed E-state index contributed by atoms with van der Waals surface area (Å²) in [7, 11) is 0. The first-order valence-electron chi connectivity index (χ1n) is 6.67. The van der Waals surface area contributed by atoms with Gasteiger partial charge < -0.3 is 10.8 Å². The van der Waals surface area contributed by atoms with Crippen molar-refractivity contribution in [2.24, 2.45) is 11.7 Å². The molecule has 0 bridgehead atoms. The Morgan fingerprint density at radius 2 is 2.21 bits per heavy atom. The van der Waals surface area contributed by atoms with Crippen molar-refractivity contribution in [3.63, 3.8) is 0 Å². The van der Waals surface area contributed by atoms with E-state index in [0.717, 1.165) is 6.42 Å². The number of primary amides is 1. The standard InChI is InChI=1S/C13H20N2O4/c1-7(16)8(12(14)19)6-10(17)9-2-4-13(15-9)5-3-11(13)18/h7-9,15-16H,2-6H2,1H3,(H2,14,19)/t7-,8+,9?,13?/m1/s1. The van der Waals surface area contributed by atoms with Gasteiger partial charge in [0, 0.05) is 12.8 Å². The van der Waals surface area contributed by atoms with E-state index in [-0.39, 0.29) is 18.0 Å². The molecule has 1 amide bonds. The first kappa shape index (κ1) is 14.1. The summed E-state index contributed by atoms with van der Waals surface area (Å²) >= 11 is 0. The van der Waals surface area contributed by atoms with Gasteiger partial charge in [-0.1, -0.05) is 0 Å². The van der Waals surface area contributed by atoms with Crippen molar-refractivity contribution >= 4 is 17.5 Å². The molecular weight excluding hydrogens is 248 g/mol. The lowest BCUT2D eigenvalue weighted by Crippen LogP contribution is -2.58. The van der Waals surface area contributed by atoms with Gasteiger partial charge in [-0.25, -0.2) is 0 Å². The summed E-state index contributed by atoms with van der Waals surface area (Å²) in [5, 5.41) is 12.6. The highest BCUT2D eigenvalue weighted by Crippen LogP contribution is 2.38. The summed E-state index contributed by atoms with van der Waals surface area (Å²) in [5.74, 6) is -1.51. The molecule has 6 heteroatoms. The van der Waals surface area contributed by atoms with Crippen LogP contribution in [0.25, 0.3) is 0 Å². The molecule has 0 aromatic rings. The molecule has 1 saturated carbocycles. The molecule has 1 spiro atoms. The van der Waals surface area contributed by atoms with Gasteiger partial charge in [-0.05, 0) is 26.2 Å². The Labute approximate surface area is 111 Å². The van der Waals surface area contributed by atoms with Gasteiger partial charge in [0.1, 0.15) is 0 Å². The number of ketones is 2. The second kappa shape index (κ2) is 5.02. The number of amides is 1. The van der Waals surface area contributed by atoms with Crippen LogP contribution in [-0.2, 0) is 14.4 Å². The van der Waals surface area contributed by atoms with Gasteiger partial charge in [-0.15, -0.1) is 0 Å². The summed E-state index contributed by atoms with van der Waals surface area (Å²) in [5.41, 5.74) is 4.68. The monoisotopic (exact) mass is 268 g/mol. The molecule has 2 aliphatic rings. The number of aliphatic hydroxyl groups excluding tert-OH is 1. The van der Waals surface area contributed by atoms with Crippen LogP contribution in [0.2, 0.25) is 0 Å². The minimum Gasteiger partial charge on any atom is -0.393 e. The highest BCUT2D eigenvalue weighted by Gasteiger charge is 2.51. The average Bonchev–Trinajstić information content (AvgIpc) is 2.80. The quantitative estimate of drug-likeness (QED) is 0.609. The molecule has 2 rings (SSSR count). The van der Waals surface area contributed by atoms with E-state index in [0.29, 0.717) is 19.3 Å². The summed E-state index contributed by atoms with van der Waals surface area (Å²) in [6.07, 6.45) is 1.63. The molecule has 1 aliphatic heterocycles. The number of nitrogens with one attached hydrogen (secondary N) is 1. The molecule has 6 nitrogen and oxygen atoms in total. The predicted molar refractivity (Wildman–Crippen MR) is 67.1 cm³/mol. The Kier molecular flexibility index (Phi) is 3.73. The molecular formula is C13H20N2O4. The van der Waals surface area contributed by atoms with Gasteiger partial charge in [-0.3, -0.25) is 19.7 Å². The van der Waals surface area contributed by atoms with Crippen LogP contribution >= 0.6 is 0 Å². The third kappa shape index (κ3) is 2.55. The van der Waals surface area contributed by atoms with Crippen LogP contribution in [-0.4, -0.2) is 40.3 Å². The number of aliphatic hydroxyl groups is 1. The first-order chi connectivity index (χ1) is 8.85. The molecule has 4 atom stereocenters. The van der Waals surface area contributed by atoms with Gasteiger partial charge >= 0.3 is 0 Å². The van der Waals surface area contributed by atoms with Crippen LogP contribution in [0.4, 0.5) is 0 Å². The van der Waals surface area contributed by atoms with E-state index in [1.807, 2.05) is 0 Å². The molecule has 4 N–H and O–H groups in total. The Morgan fingerprint density at radius 1 is 1.53 bits per heavy atom. The van der Waals surface area contributed by atoms with Crippen molar-refractivity contribution in [2.75, 3.05) is 0 Å². The van der Waals surface area contributed by atoms with Gasteiger partial charge in [-0.2, -0.15) is 0 Å². The SMILES string of the molecule is C[C@@H](O)[C@H](CC(=O)C1CCC2(CCC2=O)N1)C(N)=O. The highest BCUT2D eigenvalue weighted by atomic mass is 16.3. The summed E-state index contributed by atoms with van der Waals surface area (Å²) in [4.78, 5) is 34.9. The summed E-state index contributed by atoms with van der Waals surface area (Å²) in [6.45, 7) is 1.45. The fourth-order valence-corrected chi connectivity index (χ4v) is 2.92. The second-order valence-corrected chi connectivity index (χ2v) is 5.66. The van der Waals surface area contributed by atoms with Crippen LogP contribution in [0.1, 0.15) is 39.0 Å². The molecule has 1 heterocycles. The Balaban J connectivity index is 1.94. The fourth-order valence-electron chi connectivity index (χ4n) is 2.92. The summed E-state index contributed by atoms with van der Waals surface area (Å²) < 4.78 is 0. The van der Waals surface area contributed by atoms with E-state index in [1.54, 1.807) is 0 Å². The molecule has 1 saturated heterocycles. The van der Waals surface area contributed by atoms with Gasteiger partial charge in [0.25, 0.3) is 0 Å². The van der Waals surface area contributed by atoms with Crippen LogP contribution in [0.3, 0.4) is 0 Å². The fraction of sp³-hybridized carbons (Fsp3) is 0.769. The minimum absolute atomic E-state index is 0.0745. The van der Waals surface area contributed by atoms with Crippen molar-refractivity contribution in [1.29, 1.82) is 0 Å². The number of Topliss-reactive ketones (excluding diaryl/α,β-unsaturated/α-hetero) is 2. The molecule has 0 aromatic heterocycles. The Morgan fingerprint density at radius 3 is 2.58 bits per heavy atom. The number of carbonyl (C=O) groups is 3. The zero-order valence-electron chi connectivity index (χ0n) is 11.0. The maximum Gasteiger partial charge on any atom is 0.223 e. The third-order valence-electron chi connectivity index (χ3n) is 4.38. The van der Waals surface area contributed by atoms with Crippen LogP contribution in [0.5, 0.6) is 0 Å². The van der Waals surface area contributed by atoms with Crippen molar-refractivity contribution in [1.82, 2.24) is 5.32 Å². The normalized spacial score (nSPS) is 32.9. The number of nitrogens with two attached hydrogens (primary N) is 1. The Hall–Kier alpha value is -1.27. The molecule has 19 heavy (non-hydrogen) atoms. The zero-order chi connectivity index (χ0) is 14.2. The third-order valence-corrected chi connectivity index (χ3v) is 4.38. The predicted octanol–water partition coefficient (Wildman–Crippen LogP) is -0.718. The molecule has 0 aromatic carbocycles. The van der Waals surface area contributed by atoms with E-state index < -0.39 is 29.5 Å². The molecule has 2 fully saturated rings. The lowest BCUT2D eigenvalue weighted by atomic mass is 9.74. The maximum atomic E-state index is 12.1. The van der Waals surface area contributed by atoms with Crippen molar-refractivity contribution < 1.29 is 19.5 Å². The number of carbonyl (C=O) groups excluding carboxylic acids is 3. The van der Waals surface area contributed by atoms with Crippen LogP contribution in [0.15, 0.2) is 0 Å². The van der Waals surface area contributed by atoms with Crippen LogP contribution < -0.4 is 11.1 Å². The maximum absolute atomic E-state index is 12.1. The highest BCUT2D eigenvalue weighted by molar-refractivity contribution is 5.97. The van der Waals surface area contributed by atoms with Crippen LogP contribution in [0, 0.1) is 5.92 Å². The number of hydrogen-bond acceptors (Lipinski definition) is 5. The smallest absolute Gasteiger partial charge is 0.223 e. The topological polar surface area (TPSA) is 109 Å². The molecule has 1 aliphatic carbocycles. The molecule has 106 valence electrons. The number of rotatable bonds is 5. The minimum atomic E-state index is -0.942. The first-order valence-corrected chi connectivity index (χ1v) is 6.67. The molecule has 2 unspecified atom stereocenters.